The average Bonchev–Trinajstić information content (AvgIpc) is 2.27. The Morgan fingerprint density at radius 1 is 1.53 bits per heavy atom. The lowest BCUT2D eigenvalue weighted by Gasteiger charge is -2.07. The first-order valence-electron chi connectivity index (χ1n) is 4.80. The lowest BCUT2D eigenvalue weighted by Crippen LogP contribution is -2.06. The Hall–Kier alpha value is -1.58. The van der Waals surface area contributed by atoms with E-state index >= 15 is 0 Å². The first-order valence-corrected chi connectivity index (χ1v) is 4.80. The summed E-state index contributed by atoms with van der Waals surface area (Å²) in [5.74, 6) is -1.23. The summed E-state index contributed by atoms with van der Waals surface area (Å²) in [4.78, 5) is 11.2. The quantitative estimate of drug-likeness (QED) is 0.777. The molecule has 3 nitrogen and oxygen atoms in total. The summed E-state index contributed by atoms with van der Waals surface area (Å²) >= 11 is 0. The van der Waals surface area contributed by atoms with Crippen molar-refractivity contribution in [1.82, 2.24) is 0 Å². The topological polar surface area (TPSA) is 38.3 Å². The number of ether oxygens (including phenoxy) is 1. The molecule has 0 aliphatic rings. The molecular formula is C11H14FNO2. The maximum Gasteiger partial charge on any atom is 0.340 e. The second kappa shape index (κ2) is 5.34. The predicted octanol–water partition coefficient (Wildman–Crippen LogP) is 2.43. The summed E-state index contributed by atoms with van der Waals surface area (Å²) < 4.78 is 17.7. The van der Waals surface area contributed by atoms with E-state index in [1.54, 1.807) is 6.07 Å². The summed E-state index contributed by atoms with van der Waals surface area (Å²) in [6.45, 7) is 2.81. The van der Waals surface area contributed by atoms with E-state index in [1.807, 2.05) is 6.92 Å². The van der Waals surface area contributed by atoms with Crippen LogP contribution in [0.15, 0.2) is 18.2 Å². The first kappa shape index (κ1) is 11.5. The van der Waals surface area contributed by atoms with Crippen LogP contribution in [0.25, 0.3) is 0 Å². The van der Waals surface area contributed by atoms with Gasteiger partial charge in [-0.2, -0.15) is 0 Å². The van der Waals surface area contributed by atoms with E-state index in [4.69, 9.17) is 0 Å². The number of hydrogen-bond acceptors (Lipinski definition) is 3. The molecule has 0 fully saturated rings. The Bertz CT molecular complexity index is 352. The number of halogens is 1. The van der Waals surface area contributed by atoms with Gasteiger partial charge in [-0.15, -0.1) is 0 Å². The minimum absolute atomic E-state index is 0.0430. The standard InChI is InChI=1S/C11H14FNO2/c1-3-6-13-8-4-5-10(12)9(7-8)11(14)15-2/h4-5,7,13H,3,6H2,1-2H3. The number of benzene rings is 1. The molecule has 0 amide bonds. The molecule has 0 spiro atoms. The normalized spacial score (nSPS) is 9.80. The number of nitrogens with one attached hydrogen (secondary N) is 1. The number of carbonyl (C=O) groups excluding carboxylic acids is 1. The second-order valence-electron chi connectivity index (χ2n) is 3.11. The molecule has 0 atom stereocenters. The number of hydrogen-bond donors (Lipinski definition) is 1. The summed E-state index contributed by atoms with van der Waals surface area (Å²) in [6.07, 6.45) is 0.963. The zero-order valence-corrected chi connectivity index (χ0v) is 8.84. The van der Waals surface area contributed by atoms with E-state index in [2.05, 4.69) is 10.1 Å². The van der Waals surface area contributed by atoms with Gasteiger partial charge >= 0.3 is 5.97 Å². The van der Waals surface area contributed by atoms with Crippen molar-refractivity contribution in [3.63, 3.8) is 0 Å². The Labute approximate surface area is 88.2 Å². The molecule has 0 aromatic heterocycles. The van der Waals surface area contributed by atoms with Gasteiger partial charge in [-0.25, -0.2) is 9.18 Å². The van der Waals surface area contributed by atoms with Crippen LogP contribution in [0.5, 0.6) is 0 Å². The van der Waals surface area contributed by atoms with Crippen molar-refractivity contribution >= 4 is 11.7 Å². The third kappa shape index (κ3) is 2.94. The van der Waals surface area contributed by atoms with Crippen molar-refractivity contribution in [2.24, 2.45) is 0 Å². The van der Waals surface area contributed by atoms with Gasteiger partial charge in [0.05, 0.1) is 12.7 Å². The highest BCUT2D eigenvalue weighted by Crippen LogP contribution is 2.15. The van der Waals surface area contributed by atoms with Crippen LogP contribution in [0.4, 0.5) is 10.1 Å². The number of rotatable bonds is 4. The molecule has 1 N–H and O–H groups in total. The maximum absolute atomic E-state index is 13.2. The molecule has 1 aromatic carbocycles. The molecule has 1 rings (SSSR count). The van der Waals surface area contributed by atoms with Crippen LogP contribution < -0.4 is 5.32 Å². The number of carbonyl (C=O) groups is 1. The second-order valence-corrected chi connectivity index (χ2v) is 3.11. The number of esters is 1. The molecule has 4 heteroatoms. The van der Waals surface area contributed by atoms with Crippen LogP contribution in [0.2, 0.25) is 0 Å². The van der Waals surface area contributed by atoms with Gasteiger partial charge < -0.3 is 10.1 Å². The Morgan fingerprint density at radius 2 is 2.27 bits per heavy atom. The van der Waals surface area contributed by atoms with E-state index in [0.29, 0.717) is 0 Å². The lowest BCUT2D eigenvalue weighted by molar-refractivity contribution is 0.0595. The highest BCUT2D eigenvalue weighted by Gasteiger charge is 2.12. The van der Waals surface area contributed by atoms with Gasteiger partial charge in [-0.05, 0) is 24.6 Å². The molecule has 0 bridgehead atoms. The molecule has 0 saturated carbocycles. The third-order valence-corrected chi connectivity index (χ3v) is 1.95. The molecule has 0 aliphatic heterocycles. The smallest absolute Gasteiger partial charge is 0.340 e. The van der Waals surface area contributed by atoms with Crippen molar-refractivity contribution in [1.29, 1.82) is 0 Å². The third-order valence-electron chi connectivity index (χ3n) is 1.95. The fourth-order valence-electron chi connectivity index (χ4n) is 1.17. The molecule has 0 radical (unpaired) electrons. The van der Waals surface area contributed by atoms with Gasteiger partial charge in [0.25, 0.3) is 0 Å². The van der Waals surface area contributed by atoms with E-state index < -0.39 is 11.8 Å². The molecule has 0 unspecified atom stereocenters. The summed E-state index contributed by atoms with van der Waals surface area (Å²) in [5.41, 5.74) is 0.678. The van der Waals surface area contributed by atoms with Crippen LogP contribution in [-0.2, 0) is 4.74 Å². The van der Waals surface area contributed by atoms with Crippen molar-refractivity contribution in [2.45, 2.75) is 13.3 Å². The van der Waals surface area contributed by atoms with E-state index in [9.17, 15) is 9.18 Å². The van der Waals surface area contributed by atoms with Gasteiger partial charge in [-0.1, -0.05) is 6.92 Å². The molecule has 1 aromatic rings. The Kier molecular flexibility index (Phi) is 4.09. The zero-order valence-electron chi connectivity index (χ0n) is 8.84. The van der Waals surface area contributed by atoms with Crippen LogP contribution in [0.3, 0.4) is 0 Å². The fraction of sp³-hybridized carbons (Fsp3) is 0.364. The van der Waals surface area contributed by atoms with Gasteiger partial charge in [0.15, 0.2) is 0 Å². The SMILES string of the molecule is CCCNc1ccc(F)c(C(=O)OC)c1. The number of anilines is 1. The lowest BCUT2D eigenvalue weighted by atomic mass is 10.2. The molecule has 15 heavy (non-hydrogen) atoms. The summed E-state index contributed by atoms with van der Waals surface area (Å²) in [5, 5.41) is 3.07. The van der Waals surface area contributed by atoms with E-state index in [0.717, 1.165) is 18.7 Å². The van der Waals surface area contributed by atoms with E-state index in [-0.39, 0.29) is 5.56 Å². The molecule has 82 valence electrons. The van der Waals surface area contributed by atoms with Crippen LogP contribution in [0, 0.1) is 5.82 Å². The molecule has 0 heterocycles. The minimum Gasteiger partial charge on any atom is -0.465 e. The van der Waals surface area contributed by atoms with Gasteiger partial charge in [0.2, 0.25) is 0 Å². The van der Waals surface area contributed by atoms with Crippen LogP contribution in [0.1, 0.15) is 23.7 Å². The monoisotopic (exact) mass is 211 g/mol. The molecule has 0 aliphatic carbocycles. The Morgan fingerprint density at radius 3 is 2.87 bits per heavy atom. The predicted molar refractivity (Wildman–Crippen MR) is 56.5 cm³/mol. The van der Waals surface area contributed by atoms with Crippen molar-refractivity contribution in [3.8, 4) is 0 Å². The fourth-order valence-corrected chi connectivity index (χ4v) is 1.17. The summed E-state index contributed by atoms with van der Waals surface area (Å²) in [7, 11) is 1.23. The Balaban J connectivity index is 2.89. The van der Waals surface area contributed by atoms with Gasteiger partial charge in [-0.3, -0.25) is 0 Å². The van der Waals surface area contributed by atoms with Gasteiger partial charge in [0.1, 0.15) is 5.82 Å². The van der Waals surface area contributed by atoms with Crippen molar-refractivity contribution in [3.05, 3.63) is 29.6 Å². The van der Waals surface area contributed by atoms with E-state index in [1.165, 1.54) is 19.2 Å². The highest BCUT2D eigenvalue weighted by atomic mass is 19.1. The largest absolute Gasteiger partial charge is 0.465 e. The summed E-state index contributed by atoms with van der Waals surface area (Å²) in [6, 6.07) is 4.30. The van der Waals surface area contributed by atoms with Crippen molar-refractivity contribution in [2.75, 3.05) is 19.0 Å². The number of methoxy groups -OCH3 is 1. The highest BCUT2D eigenvalue weighted by molar-refractivity contribution is 5.90. The molecule has 0 saturated heterocycles. The minimum atomic E-state index is -0.660. The maximum atomic E-state index is 13.2. The average molecular weight is 211 g/mol. The zero-order chi connectivity index (χ0) is 11.3. The molecular weight excluding hydrogens is 197 g/mol. The van der Waals surface area contributed by atoms with Crippen LogP contribution in [-0.4, -0.2) is 19.6 Å². The van der Waals surface area contributed by atoms with Gasteiger partial charge in [0, 0.05) is 12.2 Å². The van der Waals surface area contributed by atoms with Crippen molar-refractivity contribution < 1.29 is 13.9 Å². The van der Waals surface area contributed by atoms with Crippen LogP contribution >= 0.6 is 0 Å². The first-order chi connectivity index (χ1) is 7.19.